The van der Waals surface area contributed by atoms with Crippen LogP contribution in [0.4, 0.5) is 0 Å². The molecule has 0 aliphatic heterocycles. The summed E-state index contributed by atoms with van der Waals surface area (Å²) in [6.07, 6.45) is 1.37. The Morgan fingerprint density at radius 2 is 1.83 bits per heavy atom. The summed E-state index contributed by atoms with van der Waals surface area (Å²) >= 11 is 0. The Balaban J connectivity index is 2.35. The number of rotatable bonds is 9. The molecule has 0 aromatic heterocycles. The molecule has 1 rings (SSSR count). The molecular formula is C15H25NO2. The van der Waals surface area contributed by atoms with Crippen LogP contribution in [0.25, 0.3) is 0 Å². The van der Waals surface area contributed by atoms with Gasteiger partial charge in [-0.15, -0.1) is 0 Å². The van der Waals surface area contributed by atoms with E-state index in [1.54, 1.807) is 0 Å². The fourth-order valence-corrected chi connectivity index (χ4v) is 1.54. The molecule has 0 heterocycles. The molecule has 0 amide bonds. The third kappa shape index (κ3) is 6.62. The van der Waals surface area contributed by atoms with Crippen molar-refractivity contribution in [2.75, 3.05) is 19.8 Å². The maximum atomic E-state index is 5.75. The predicted octanol–water partition coefficient (Wildman–Crippen LogP) is 2.86. The van der Waals surface area contributed by atoms with Gasteiger partial charge in [0.25, 0.3) is 0 Å². The highest BCUT2D eigenvalue weighted by atomic mass is 16.5. The second kappa shape index (κ2) is 8.95. The van der Waals surface area contributed by atoms with Crippen molar-refractivity contribution in [2.45, 2.75) is 39.3 Å². The van der Waals surface area contributed by atoms with Crippen molar-refractivity contribution < 1.29 is 9.47 Å². The average molecular weight is 251 g/mol. The van der Waals surface area contributed by atoms with Gasteiger partial charge < -0.3 is 14.8 Å². The second-order valence-electron chi connectivity index (χ2n) is 4.66. The van der Waals surface area contributed by atoms with E-state index in [-0.39, 0.29) is 12.1 Å². The minimum atomic E-state index is 0.243. The number of nitrogens with one attached hydrogen (secondary N) is 1. The minimum absolute atomic E-state index is 0.243. The highest BCUT2D eigenvalue weighted by Gasteiger charge is 2.10. The SMILES string of the molecule is CCCNC(COc1ccccc1)COC(C)C. The molecule has 3 nitrogen and oxygen atoms in total. The molecule has 0 saturated heterocycles. The van der Waals surface area contributed by atoms with Crippen molar-refractivity contribution in [2.24, 2.45) is 0 Å². The molecule has 0 spiro atoms. The summed E-state index contributed by atoms with van der Waals surface area (Å²) in [5.41, 5.74) is 0. The van der Waals surface area contributed by atoms with Crippen molar-refractivity contribution in [1.82, 2.24) is 5.32 Å². The van der Waals surface area contributed by atoms with Crippen LogP contribution in [0.1, 0.15) is 27.2 Å². The molecule has 1 atom stereocenters. The summed E-state index contributed by atoms with van der Waals surface area (Å²) in [6.45, 7) is 8.57. The van der Waals surface area contributed by atoms with Crippen molar-refractivity contribution in [3.63, 3.8) is 0 Å². The molecule has 0 saturated carbocycles. The zero-order valence-electron chi connectivity index (χ0n) is 11.7. The van der Waals surface area contributed by atoms with Gasteiger partial charge in [0.05, 0.1) is 18.8 Å². The predicted molar refractivity (Wildman–Crippen MR) is 75.1 cm³/mol. The van der Waals surface area contributed by atoms with Gasteiger partial charge in [-0.25, -0.2) is 0 Å². The molecule has 0 aliphatic carbocycles. The Morgan fingerprint density at radius 3 is 2.44 bits per heavy atom. The lowest BCUT2D eigenvalue weighted by Gasteiger charge is -2.20. The van der Waals surface area contributed by atoms with Gasteiger partial charge in [0.1, 0.15) is 12.4 Å². The van der Waals surface area contributed by atoms with Crippen LogP contribution in [0, 0.1) is 0 Å². The number of ether oxygens (including phenoxy) is 2. The Kier molecular flexibility index (Phi) is 7.46. The number of para-hydroxylation sites is 1. The molecule has 1 N–H and O–H groups in total. The number of hydrogen-bond acceptors (Lipinski definition) is 3. The van der Waals surface area contributed by atoms with Crippen molar-refractivity contribution in [3.8, 4) is 5.75 Å². The fraction of sp³-hybridized carbons (Fsp3) is 0.600. The molecule has 0 radical (unpaired) electrons. The molecule has 0 bridgehead atoms. The van der Waals surface area contributed by atoms with Gasteiger partial charge in [-0.05, 0) is 38.9 Å². The van der Waals surface area contributed by atoms with Crippen LogP contribution in [0.5, 0.6) is 5.75 Å². The van der Waals surface area contributed by atoms with Crippen LogP contribution in [0.3, 0.4) is 0 Å². The summed E-state index contributed by atoms with van der Waals surface area (Å²) < 4.78 is 11.4. The van der Waals surface area contributed by atoms with Crippen LogP contribution < -0.4 is 10.1 Å². The first-order valence-corrected chi connectivity index (χ1v) is 6.75. The average Bonchev–Trinajstić information content (AvgIpc) is 2.39. The lowest BCUT2D eigenvalue weighted by Crippen LogP contribution is -2.39. The maximum absolute atomic E-state index is 5.75. The van der Waals surface area contributed by atoms with E-state index < -0.39 is 0 Å². The van der Waals surface area contributed by atoms with Crippen LogP contribution >= 0.6 is 0 Å². The van der Waals surface area contributed by atoms with Crippen molar-refractivity contribution >= 4 is 0 Å². The zero-order valence-corrected chi connectivity index (χ0v) is 11.7. The van der Waals surface area contributed by atoms with Crippen LogP contribution in [0.2, 0.25) is 0 Å². The van der Waals surface area contributed by atoms with Crippen LogP contribution in [-0.4, -0.2) is 31.9 Å². The summed E-state index contributed by atoms with van der Waals surface area (Å²) in [7, 11) is 0. The molecule has 1 aromatic carbocycles. The Labute approximate surface area is 110 Å². The highest BCUT2D eigenvalue weighted by Crippen LogP contribution is 2.08. The number of benzene rings is 1. The third-order valence-electron chi connectivity index (χ3n) is 2.51. The van der Waals surface area contributed by atoms with Gasteiger partial charge in [0.2, 0.25) is 0 Å². The Morgan fingerprint density at radius 1 is 1.11 bits per heavy atom. The number of hydrogen-bond donors (Lipinski definition) is 1. The van der Waals surface area contributed by atoms with Gasteiger partial charge in [0, 0.05) is 0 Å². The maximum Gasteiger partial charge on any atom is 0.119 e. The molecule has 1 aromatic rings. The first-order valence-electron chi connectivity index (χ1n) is 6.75. The largest absolute Gasteiger partial charge is 0.492 e. The first kappa shape index (κ1) is 15.0. The molecule has 3 heteroatoms. The smallest absolute Gasteiger partial charge is 0.119 e. The van der Waals surface area contributed by atoms with E-state index in [1.807, 2.05) is 30.3 Å². The van der Waals surface area contributed by atoms with E-state index in [2.05, 4.69) is 26.1 Å². The van der Waals surface area contributed by atoms with Crippen molar-refractivity contribution in [3.05, 3.63) is 30.3 Å². The van der Waals surface area contributed by atoms with E-state index in [4.69, 9.17) is 9.47 Å². The van der Waals surface area contributed by atoms with E-state index >= 15 is 0 Å². The van der Waals surface area contributed by atoms with Gasteiger partial charge in [-0.3, -0.25) is 0 Å². The summed E-state index contributed by atoms with van der Waals surface area (Å²) in [4.78, 5) is 0. The third-order valence-corrected chi connectivity index (χ3v) is 2.51. The quantitative estimate of drug-likeness (QED) is 0.732. The van der Waals surface area contributed by atoms with E-state index in [0.29, 0.717) is 13.2 Å². The fourth-order valence-electron chi connectivity index (χ4n) is 1.54. The summed E-state index contributed by atoms with van der Waals surface area (Å²) in [5, 5.41) is 3.45. The Bertz CT molecular complexity index is 301. The van der Waals surface area contributed by atoms with Gasteiger partial charge in [0.15, 0.2) is 0 Å². The van der Waals surface area contributed by atoms with Gasteiger partial charge >= 0.3 is 0 Å². The van der Waals surface area contributed by atoms with Crippen LogP contribution in [0.15, 0.2) is 30.3 Å². The molecule has 102 valence electrons. The Hall–Kier alpha value is -1.06. The second-order valence-corrected chi connectivity index (χ2v) is 4.66. The lowest BCUT2D eigenvalue weighted by molar-refractivity contribution is 0.0502. The normalized spacial score (nSPS) is 12.7. The first-order chi connectivity index (χ1) is 8.72. The van der Waals surface area contributed by atoms with Crippen LogP contribution in [-0.2, 0) is 4.74 Å². The molecule has 0 fully saturated rings. The van der Waals surface area contributed by atoms with Gasteiger partial charge in [-0.2, -0.15) is 0 Å². The van der Waals surface area contributed by atoms with E-state index in [9.17, 15) is 0 Å². The van der Waals surface area contributed by atoms with Gasteiger partial charge in [-0.1, -0.05) is 25.1 Å². The minimum Gasteiger partial charge on any atom is -0.492 e. The molecule has 18 heavy (non-hydrogen) atoms. The van der Waals surface area contributed by atoms with E-state index in [0.717, 1.165) is 18.7 Å². The lowest BCUT2D eigenvalue weighted by atomic mass is 10.3. The highest BCUT2D eigenvalue weighted by molar-refractivity contribution is 5.20. The summed E-state index contributed by atoms with van der Waals surface area (Å²) in [5.74, 6) is 0.908. The molecular weight excluding hydrogens is 226 g/mol. The standard InChI is InChI=1S/C15H25NO2/c1-4-10-16-14(11-17-13(2)3)12-18-15-8-6-5-7-9-15/h5-9,13-14,16H,4,10-12H2,1-3H3. The topological polar surface area (TPSA) is 30.5 Å². The molecule has 0 aliphatic rings. The van der Waals surface area contributed by atoms with E-state index in [1.165, 1.54) is 0 Å². The zero-order chi connectivity index (χ0) is 13.2. The molecule has 1 unspecified atom stereocenters. The van der Waals surface area contributed by atoms with Crippen molar-refractivity contribution in [1.29, 1.82) is 0 Å². The monoisotopic (exact) mass is 251 g/mol. The summed E-state index contributed by atoms with van der Waals surface area (Å²) in [6, 6.07) is 10.1.